The third kappa shape index (κ3) is 5.33. The fraction of sp³-hybridized carbons (Fsp3) is 0.417. The molecule has 11 heteroatoms. The highest BCUT2D eigenvalue weighted by Gasteiger charge is 2.64. The predicted molar refractivity (Wildman–Crippen MR) is 181 cm³/mol. The number of aromatic nitrogens is 5. The van der Waals surface area contributed by atoms with E-state index in [9.17, 15) is 14.8 Å². The highest BCUT2D eigenvalue weighted by atomic mass is 32.1. The van der Waals surface area contributed by atoms with Crippen LogP contribution in [0.4, 0.5) is 21.3 Å². The van der Waals surface area contributed by atoms with Crippen LogP contribution in [-0.2, 0) is 6.42 Å². The van der Waals surface area contributed by atoms with Crippen molar-refractivity contribution in [2.75, 3.05) is 29.9 Å². The quantitative estimate of drug-likeness (QED) is 0.179. The minimum absolute atomic E-state index is 0.216. The van der Waals surface area contributed by atoms with E-state index >= 15 is 0 Å². The van der Waals surface area contributed by atoms with Gasteiger partial charge in [-0.05, 0) is 99.1 Å². The Bertz CT molecular complexity index is 1980. The molecule has 3 aliphatic rings. The number of rotatable bonds is 9. The van der Waals surface area contributed by atoms with Crippen LogP contribution in [0.5, 0.6) is 0 Å². The molecule has 0 amide bonds. The van der Waals surface area contributed by atoms with Crippen molar-refractivity contribution in [1.29, 1.82) is 5.26 Å². The molecule has 240 valence electrons. The van der Waals surface area contributed by atoms with Crippen molar-refractivity contribution in [3.8, 4) is 28.5 Å². The van der Waals surface area contributed by atoms with Gasteiger partial charge in [0, 0.05) is 55.4 Å². The highest BCUT2D eigenvalue weighted by molar-refractivity contribution is 7.16. The van der Waals surface area contributed by atoms with E-state index in [-0.39, 0.29) is 16.8 Å². The van der Waals surface area contributed by atoms with Crippen LogP contribution in [0.2, 0.25) is 0 Å². The number of hydrogen-bond acceptors (Lipinski definition) is 9. The molecule has 5 heterocycles. The number of aryl methyl sites for hydroxylation is 1. The summed E-state index contributed by atoms with van der Waals surface area (Å²) in [4.78, 5) is 24.0. The van der Waals surface area contributed by atoms with Crippen molar-refractivity contribution in [2.24, 2.45) is 11.3 Å². The van der Waals surface area contributed by atoms with Gasteiger partial charge in [0.05, 0.1) is 11.3 Å². The van der Waals surface area contributed by atoms with Crippen LogP contribution < -0.4 is 9.80 Å². The van der Waals surface area contributed by atoms with Crippen LogP contribution in [-0.4, -0.2) is 55.2 Å². The summed E-state index contributed by atoms with van der Waals surface area (Å²) in [5, 5.41) is 21.3. The van der Waals surface area contributed by atoms with Crippen LogP contribution in [0.3, 0.4) is 0 Å². The molecular weight excluding hydrogens is 612 g/mol. The van der Waals surface area contributed by atoms with E-state index in [2.05, 4.69) is 28.5 Å². The predicted octanol–water partition coefficient (Wildman–Crippen LogP) is 7.17. The zero-order chi connectivity index (χ0) is 32.3. The lowest BCUT2D eigenvalue weighted by atomic mass is 9.81. The maximum Gasteiger partial charge on any atom is 0.225 e. The fourth-order valence-electron chi connectivity index (χ4n) is 7.45. The number of hydrogen-bond donors (Lipinski definition) is 1. The number of nitrogens with zero attached hydrogens (tertiary/aromatic N) is 8. The third-order valence-electron chi connectivity index (χ3n) is 10.6. The Balaban J connectivity index is 1.02. The van der Waals surface area contributed by atoms with Crippen molar-refractivity contribution in [3.63, 3.8) is 0 Å². The molecule has 47 heavy (non-hydrogen) atoms. The van der Waals surface area contributed by atoms with Crippen LogP contribution in [0.15, 0.2) is 55.0 Å². The Kier molecular flexibility index (Phi) is 7.26. The van der Waals surface area contributed by atoms with E-state index < -0.39 is 0 Å². The lowest BCUT2D eigenvalue weighted by molar-refractivity contribution is 0.0482. The van der Waals surface area contributed by atoms with E-state index in [1.165, 1.54) is 42.7 Å². The molecule has 0 bridgehead atoms. The van der Waals surface area contributed by atoms with Crippen LogP contribution in [0.25, 0.3) is 28.0 Å². The normalized spacial score (nSPS) is 18.3. The Morgan fingerprint density at radius 3 is 2.34 bits per heavy atom. The van der Waals surface area contributed by atoms with Crippen molar-refractivity contribution >= 4 is 33.9 Å². The third-order valence-corrected chi connectivity index (χ3v) is 11.6. The first-order valence-corrected chi connectivity index (χ1v) is 17.3. The molecule has 3 fully saturated rings. The van der Waals surface area contributed by atoms with Gasteiger partial charge in [0.25, 0.3) is 0 Å². The molecule has 8 rings (SSSR count). The van der Waals surface area contributed by atoms with E-state index in [0.717, 1.165) is 73.0 Å². The summed E-state index contributed by atoms with van der Waals surface area (Å²) in [7, 11) is 1.93. The molecule has 4 aromatic heterocycles. The second-order valence-corrected chi connectivity index (χ2v) is 14.4. The molecule has 2 saturated carbocycles. The van der Waals surface area contributed by atoms with E-state index in [1.807, 2.05) is 36.5 Å². The summed E-state index contributed by atoms with van der Waals surface area (Å²) >= 11 is 1.30. The lowest BCUT2D eigenvalue weighted by Crippen LogP contribution is -2.37. The van der Waals surface area contributed by atoms with Crippen LogP contribution in [0, 0.1) is 28.5 Å². The Morgan fingerprint density at radius 1 is 1.00 bits per heavy atom. The second kappa shape index (κ2) is 11.4. The number of anilines is 3. The number of fused-ring (bicyclic) bond motifs is 1. The van der Waals surface area contributed by atoms with Crippen LogP contribution in [0.1, 0.15) is 62.4 Å². The number of pyridine rings is 1. The molecular formula is C36H37FN8OS. The number of thiazole rings is 1. The maximum atomic E-state index is 13.6. The minimum Gasteiger partial charge on any atom is -0.389 e. The first-order chi connectivity index (χ1) is 22.8. The van der Waals surface area contributed by atoms with Gasteiger partial charge in [-0.3, -0.25) is 4.40 Å². The van der Waals surface area contributed by atoms with Crippen molar-refractivity contribution in [2.45, 2.75) is 63.9 Å². The highest BCUT2D eigenvalue weighted by Crippen LogP contribution is 2.67. The van der Waals surface area contributed by atoms with Gasteiger partial charge in [0.1, 0.15) is 33.9 Å². The molecule has 0 atom stereocenters. The van der Waals surface area contributed by atoms with E-state index in [1.54, 1.807) is 12.1 Å². The molecule has 9 nitrogen and oxygen atoms in total. The number of nitriles is 1. The first-order valence-electron chi connectivity index (χ1n) is 16.5. The summed E-state index contributed by atoms with van der Waals surface area (Å²) < 4.78 is 15.6. The first kappa shape index (κ1) is 30.0. The van der Waals surface area contributed by atoms with E-state index in [0.29, 0.717) is 33.6 Å². The molecule has 1 aromatic carbocycles. The number of benzene rings is 1. The number of halogens is 1. The van der Waals surface area contributed by atoms with Gasteiger partial charge in [-0.2, -0.15) is 5.26 Å². The minimum atomic E-state index is -0.354. The zero-order valence-corrected chi connectivity index (χ0v) is 27.5. The van der Waals surface area contributed by atoms with Gasteiger partial charge in [-0.25, -0.2) is 24.3 Å². The molecule has 1 saturated heterocycles. The summed E-state index contributed by atoms with van der Waals surface area (Å²) in [6, 6.07) is 12.4. The second-order valence-electron chi connectivity index (χ2n) is 13.5. The van der Waals surface area contributed by atoms with Crippen molar-refractivity contribution in [1.82, 2.24) is 24.3 Å². The number of imidazole rings is 1. The summed E-state index contributed by atoms with van der Waals surface area (Å²) in [5.74, 6) is 1.97. The Morgan fingerprint density at radius 2 is 1.70 bits per heavy atom. The average Bonchev–Trinajstić information content (AvgIpc) is 3.98. The summed E-state index contributed by atoms with van der Waals surface area (Å²) in [5.41, 5.74) is 4.70. The van der Waals surface area contributed by atoms with Gasteiger partial charge >= 0.3 is 0 Å². The fourth-order valence-corrected chi connectivity index (χ4v) is 8.30. The molecule has 1 aliphatic heterocycles. The molecule has 0 spiro atoms. The largest absolute Gasteiger partial charge is 0.389 e. The van der Waals surface area contributed by atoms with E-state index in [4.69, 9.17) is 19.9 Å². The lowest BCUT2D eigenvalue weighted by Gasteiger charge is -2.35. The van der Waals surface area contributed by atoms with Crippen LogP contribution >= 0.6 is 11.3 Å². The Hall–Kier alpha value is -4.40. The zero-order valence-electron chi connectivity index (χ0n) is 26.7. The maximum absolute atomic E-state index is 13.6. The van der Waals surface area contributed by atoms with Crippen molar-refractivity contribution < 1.29 is 9.50 Å². The summed E-state index contributed by atoms with van der Waals surface area (Å²) in [6.07, 6.45) is 14.4. The van der Waals surface area contributed by atoms with Crippen molar-refractivity contribution in [3.05, 3.63) is 71.4 Å². The van der Waals surface area contributed by atoms with Gasteiger partial charge in [0.2, 0.25) is 5.95 Å². The number of piperidine rings is 1. The SMILES string of the molecule is CCc1nc2ccc(-c3cnc(N4CCC(CC5(C6(O)CC6)CC5)CC4)nc3)cn2c1N(C)c1nc(-c2ccc(F)cc2)c(C#N)s1. The molecule has 5 aromatic rings. The monoisotopic (exact) mass is 648 g/mol. The molecule has 2 aliphatic carbocycles. The van der Waals surface area contributed by atoms with Gasteiger partial charge in [0.15, 0.2) is 5.13 Å². The number of aliphatic hydroxyl groups is 1. The average molecular weight is 649 g/mol. The van der Waals surface area contributed by atoms with Gasteiger partial charge in [-0.15, -0.1) is 0 Å². The standard InChI is InChI=1S/C36H37FN8OS/c1-3-28-32(43(2)34-42-31(29(19-38)47-34)24-4-7-27(37)8-5-24)45-22-25(6-9-30(45)41-28)26-20-39-33(40-21-26)44-16-10-23(11-17-44)18-35(12-13-35)36(46)14-15-36/h4-9,20-23,46H,3,10-18H2,1-2H3. The molecule has 0 unspecified atom stereocenters. The summed E-state index contributed by atoms with van der Waals surface area (Å²) in [6.45, 7) is 3.96. The molecule has 1 N–H and O–H groups in total. The Labute approximate surface area is 277 Å². The molecule has 0 radical (unpaired) electrons. The van der Waals surface area contributed by atoms with Gasteiger partial charge in [-0.1, -0.05) is 18.3 Å². The topological polar surface area (TPSA) is 106 Å². The van der Waals surface area contributed by atoms with Gasteiger partial charge < -0.3 is 14.9 Å². The smallest absolute Gasteiger partial charge is 0.225 e.